The number of fused-ring (bicyclic) bond motifs is 1. The first-order valence-corrected chi connectivity index (χ1v) is 13.3. The summed E-state index contributed by atoms with van der Waals surface area (Å²) in [5.74, 6) is -0.622. The van der Waals surface area contributed by atoms with Crippen molar-refractivity contribution in [2.45, 2.75) is 24.3 Å². The summed E-state index contributed by atoms with van der Waals surface area (Å²) in [5, 5.41) is 23.0. The molecule has 1 N–H and O–H groups in total. The van der Waals surface area contributed by atoms with Gasteiger partial charge in [0.1, 0.15) is 11.4 Å². The number of rotatable bonds is 11. The monoisotopic (exact) mass is 595 g/mol. The molecule has 4 aromatic rings. The highest BCUT2D eigenvalue weighted by Crippen LogP contribution is 2.51. The van der Waals surface area contributed by atoms with Crippen LogP contribution in [-0.4, -0.2) is 63.3 Å². The summed E-state index contributed by atoms with van der Waals surface area (Å²) in [4.78, 5) is 6.54. The summed E-state index contributed by atoms with van der Waals surface area (Å²) in [6, 6.07) is 19.4. The maximum Gasteiger partial charge on any atom is 0.573 e. The van der Waals surface area contributed by atoms with Crippen molar-refractivity contribution in [3.63, 3.8) is 0 Å². The van der Waals surface area contributed by atoms with Crippen molar-refractivity contribution in [1.82, 2.24) is 9.88 Å². The van der Waals surface area contributed by atoms with E-state index in [-0.39, 0.29) is 17.9 Å². The van der Waals surface area contributed by atoms with E-state index in [9.17, 15) is 23.5 Å². The van der Waals surface area contributed by atoms with Crippen LogP contribution < -0.4 is 18.9 Å². The number of halogens is 3. The van der Waals surface area contributed by atoms with Gasteiger partial charge < -0.3 is 29.0 Å². The molecule has 8 nitrogen and oxygen atoms in total. The standard InChI is InChI=1S/C32H32F3N3O5/c1-38(2)15-14-31(39,22-8-6-9-23(18-22)43-32(33,34)35)28(24-10-7-11-27(40-3)29(24)41-4)25-17-21-16-20(19-36)12-13-26(21)37-30(25)42-5/h6-13,16-18,28,39H,14-15H2,1-5H3. The van der Waals surface area contributed by atoms with Crippen LogP contribution in [0, 0.1) is 11.3 Å². The molecule has 3 aromatic carbocycles. The maximum atomic E-state index is 13.2. The largest absolute Gasteiger partial charge is 0.573 e. The molecular formula is C32H32F3N3O5. The molecule has 0 saturated carbocycles. The first-order chi connectivity index (χ1) is 20.4. The van der Waals surface area contributed by atoms with Crippen LogP contribution in [0.1, 0.15) is 34.6 Å². The Balaban J connectivity index is 2.11. The van der Waals surface area contributed by atoms with Crippen molar-refractivity contribution in [2.75, 3.05) is 42.0 Å². The molecule has 0 saturated heterocycles. The van der Waals surface area contributed by atoms with Crippen molar-refractivity contribution in [3.8, 4) is 29.2 Å². The van der Waals surface area contributed by atoms with Gasteiger partial charge in [0.25, 0.3) is 0 Å². The second kappa shape index (κ2) is 12.8. The lowest BCUT2D eigenvalue weighted by Crippen LogP contribution is -2.38. The molecule has 11 heteroatoms. The SMILES string of the molecule is COc1cccc(C(c2cc3cc(C#N)ccc3nc2OC)C(O)(CCN(C)C)c2cccc(OC(F)(F)F)c2)c1OC. The third kappa shape index (κ3) is 6.77. The van der Waals surface area contributed by atoms with Gasteiger partial charge in [-0.3, -0.25) is 0 Å². The van der Waals surface area contributed by atoms with E-state index in [1.54, 1.807) is 48.5 Å². The predicted molar refractivity (Wildman–Crippen MR) is 155 cm³/mol. The lowest BCUT2D eigenvalue weighted by molar-refractivity contribution is -0.274. The maximum absolute atomic E-state index is 13.2. The van der Waals surface area contributed by atoms with Crippen molar-refractivity contribution in [1.29, 1.82) is 5.26 Å². The normalized spacial score (nSPS) is 13.7. The molecule has 43 heavy (non-hydrogen) atoms. The van der Waals surface area contributed by atoms with Crippen LogP contribution in [0.4, 0.5) is 13.2 Å². The van der Waals surface area contributed by atoms with E-state index in [2.05, 4.69) is 15.8 Å². The Kier molecular flexibility index (Phi) is 9.33. The smallest absolute Gasteiger partial charge is 0.493 e. The fourth-order valence-electron chi connectivity index (χ4n) is 5.25. The van der Waals surface area contributed by atoms with Gasteiger partial charge in [0, 0.05) is 23.1 Å². The van der Waals surface area contributed by atoms with Gasteiger partial charge in [-0.2, -0.15) is 5.26 Å². The molecule has 0 bridgehead atoms. The van der Waals surface area contributed by atoms with Crippen molar-refractivity contribution < 1.29 is 37.2 Å². The van der Waals surface area contributed by atoms with Gasteiger partial charge in [0.05, 0.1) is 44.4 Å². The number of alkyl halides is 3. The van der Waals surface area contributed by atoms with E-state index in [1.807, 2.05) is 19.0 Å². The lowest BCUT2D eigenvalue weighted by Gasteiger charge is -2.39. The molecule has 0 amide bonds. The zero-order valence-corrected chi connectivity index (χ0v) is 24.4. The van der Waals surface area contributed by atoms with Crippen LogP contribution in [0.2, 0.25) is 0 Å². The summed E-state index contributed by atoms with van der Waals surface area (Å²) in [5.41, 5.74) is 0.138. The van der Waals surface area contributed by atoms with Crippen LogP contribution in [0.5, 0.6) is 23.1 Å². The molecule has 0 spiro atoms. The minimum absolute atomic E-state index is 0.0694. The van der Waals surface area contributed by atoms with Crippen molar-refractivity contribution >= 4 is 10.9 Å². The second-order valence-electron chi connectivity index (χ2n) is 10.2. The number of para-hydroxylation sites is 1. The highest BCUT2D eigenvalue weighted by molar-refractivity contribution is 5.82. The number of aromatic nitrogens is 1. The van der Waals surface area contributed by atoms with Crippen LogP contribution in [0.25, 0.3) is 10.9 Å². The highest BCUT2D eigenvalue weighted by atomic mass is 19.4. The van der Waals surface area contributed by atoms with E-state index in [0.717, 1.165) is 0 Å². The highest BCUT2D eigenvalue weighted by Gasteiger charge is 2.44. The average Bonchev–Trinajstić information content (AvgIpc) is 2.98. The van der Waals surface area contributed by atoms with E-state index < -0.39 is 23.6 Å². The molecular weight excluding hydrogens is 563 g/mol. The topological polar surface area (TPSA) is 97.1 Å². The number of nitriles is 1. The fraction of sp³-hybridized carbons (Fsp3) is 0.312. The molecule has 2 unspecified atom stereocenters. The zero-order valence-electron chi connectivity index (χ0n) is 24.4. The fourth-order valence-corrected chi connectivity index (χ4v) is 5.25. The van der Waals surface area contributed by atoms with Gasteiger partial charge in [-0.05, 0) is 68.5 Å². The average molecular weight is 596 g/mol. The Hall–Kier alpha value is -4.53. The van der Waals surface area contributed by atoms with Gasteiger partial charge in [-0.25, -0.2) is 4.98 Å². The van der Waals surface area contributed by atoms with Crippen molar-refractivity contribution in [2.24, 2.45) is 0 Å². The van der Waals surface area contributed by atoms with Crippen LogP contribution in [0.15, 0.2) is 66.7 Å². The molecule has 226 valence electrons. The molecule has 0 aliphatic rings. The Labute approximate surface area is 247 Å². The Bertz CT molecular complexity index is 1640. The van der Waals surface area contributed by atoms with E-state index >= 15 is 0 Å². The Morgan fingerprint density at radius 1 is 0.930 bits per heavy atom. The van der Waals surface area contributed by atoms with Gasteiger partial charge >= 0.3 is 6.36 Å². The van der Waals surface area contributed by atoms with E-state index in [1.165, 1.54) is 39.5 Å². The van der Waals surface area contributed by atoms with Gasteiger partial charge in [0.15, 0.2) is 11.5 Å². The molecule has 2 atom stereocenters. The summed E-state index contributed by atoms with van der Waals surface area (Å²) in [6.07, 6.45) is -4.86. The molecule has 0 fully saturated rings. The number of pyridine rings is 1. The van der Waals surface area contributed by atoms with Crippen LogP contribution >= 0.6 is 0 Å². The Morgan fingerprint density at radius 2 is 1.67 bits per heavy atom. The summed E-state index contributed by atoms with van der Waals surface area (Å²) in [7, 11) is 8.04. The number of benzene rings is 3. The number of hydrogen-bond acceptors (Lipinski definition) is 8. The lowest BCUT2D eigenvalue weighted by atomic mass is 9.71. The number of aliphatic hydroxyl groups is 1. The first-order valence-electron chi connectivity index (χ1n) is 13.3. The number of nitrogens with zero attached hydrogens (tertiary/aromatic N) is 3. The molecule has 4 rings (SSSR count). The zero-order chi connectivity index (χ0) is 31.4. The van der Waals surface area contributed by atoms with E-state index in [4.69, 9.17) is 14.2 Å². The van der Waals surface area contributed by atoms with Gasteiger partial charge in [-0.1, -0.05) is 24.3 Å². The predicted octanol–water partition coefficient (Wildman–Crippen LogP) is 6.00. The third-order valence-corrected chi connectivity index (χ3v) is 7.17. The summed E-state index contributed by atoms with van der Waals surface area (Å²) in [6.45, 7) is 0.353. The van der Waals surface area contributed by atoms with Crippen molar-refractivity contribution in [3.05, 3.63) is 89.0 Å². The summed E-state index contributed by atoms with van der Waals surface area (Å²) >= 11 is 0. The third-order valence-electron chi connectivity index (χ3n) is 7.17. The van der Waals surface area contributed by atoms with Crippen LogP contribution in [0.3, 0.4) is 0 Å². The first kappa shape index (κ1) is 31.4. The second-order valence-corrected chi connectivity index (χ2v) is 10.2. The minimum atomic E-state index is -4.93. The minimum Gasteiger partial charge on any atom is -0.493 e. The molecule has 0 radical (unpaired) electrons. The number of methoxy groups -OCH3 is 3. The molecule has 0 aliphatic carbocycles. The van der Waals surface area contributed by atoms with Gasteiger partial charge in [-0.15, -0.1) is 13.2 Å². The molecule has 0 aliphatic heterocycles. The number of hydrogen-bond donors (Lipinski definition) is 1. The van der Waals surface area contributed by atoms with Crippen LogP contribution in [-0.2, 0) is 5.60 Å². The quantitative estimate of drug-likeness (QED) is 0.226. The summed E-state index contributed by atoms with van der Waals surface area (Å²) < 4.78 is 61.0. The van der Waals surface area contributed by atoms with Gasteiger partial charge in [0.2, 0.25) is 5.88 Å². The number of ether oxygens (including phenoxy) is 4. The molecule has 1 aromatic heterocycles. The molecule has 1 heterocycles. The van der Waals surface area contributed by atoms with E-state index in [0.29, 0.717) is 45.6 Å². The Morgan fingerprint density at radius 3 is 2.30 bits per heavy atom.